The van der Waals surface area contributed by atoms with Crippen molar-refractivity contribution < 1.29 is 4.79 Å². The Kier molecular flexibility index (Phi) is 6.57. The van der Waals surface area contributed by atoms with Gasteiger partial charge < -0.3 is 19.7 Å². The normalized spacial score (nSPS) is 15.8. The summed E-state index contributed by atoms with van der Waals surface area (Å²) >= 11 is 1.61. The number of aromatic nitrogens is 2. The van der Waals surface area contributed by atoms with Crippen molar-refractivity contribution in [2.24, 2.45) is 0 Å². The molecule has 5 rings (SSSR count). The molecule has 34 heavy (non-hydrogen) atoms. The molecule has 1 N–H and O–H groups in total. The third-order valence-electron chi connectivity index (χ3n) is 6.88. The average Bonchev–Trinajstić information content (AvgIpc) is 3.50. The standard InChI is InChI=1S/C27H33N5OS/c1-4-12-32(19(3)26-28-22-8-6-7-9-23(22)29-26)21-10-11-24-20(17-21)18-25(34-24)27(33)31-15-13-30(5-2)14-16-31/h6-11,17-19H,4-5,12-16H2,1-3H3,(H,28,29). The van der Waals surface area contributed by atoms with E-state index in [0.717, 1.165) is 83.2 Å². The molecule has 1 atom stereocenters. The van der Waals surface area contributed by atoms with Crippen LogP contribution in [0.3, 0.4) is 0 Å². The minimum absolute atomic E-state index is 0.111. The second kappa shape index (κ2) is 9.76. The number of thiophene rings is 1. The van der Waals surface area contributed by atoms with E-state index in [2.05, 4.69) is 65.9 Å². The lowest BCUT2D eigenvalue weighted by Gasteiger charge is -2.33. The third-order valence-corrected chi connectivity index (χ3v) is 7.99. The molecule has 3 heterocycles. The van der Waals surface area contributed by atoms with Gasteiger partial charge in [0.25, 0.3) is 5.91 Å². The Bertz CT molecular complexity index is 1250. The molecule has 2 aromatic carbocycles. The highest BCUT2D eigenvalue weighted by molar-refractivity contribution is 7.20. The minimum atomic E-state index is 0.111. The second-order valence-corrected chi connectivity index (χ2v) is 10.2. The number of fused-ring (bicyclic) bond motifs is 2. The number of carbonyl (C=O) groups is 1. The molecular weight excluding hydrogens is 442 g/mol. The Labute approximate surface area is 205 Å². The number of imidazole rings is 1. The first-order valence-electron chi connectivity index (χ1n) is 12.3. The molecule has 1 aliphatic heterocycles. The van der Waals surface area contributed by atoms with Crippen molar-refractivity contribution in [1.82, 2.24) is 19.8 Å². The summed E-state index contributed by atoms with van der Waals surface area (Å²) in [5.41, 5.74) is 3.23. The smallest absolute Gasteiger partial charge is 0.264 e. The fourth-order valence-electron chi connectivity index (χ4n) is 4.84. The molecule has 1 amide bonds. The van der Waals surface area contributed by atoms with Gasteiger partial charge in [-0.05, 0) is 61.7 Å². The number of H-pyrrole nitrogens is 1. The number of likely N-dealkylation sites (N-methyl/N-ethyl adjacent to an activating group) is 1. The van der Waals surface area contributed by atoms with Gasteiger partial charge in [0, 0.05) is 43.1 Å². The van der Waals surface area contributed by atoms with Crippen molar-refractivity contribution >= 4 is 44.1 Å². The molecule has 0 aliphatic carbocycles. The van der Waals surface area contributed by atoms with Crippen LogP contribution in [0.2, 0.25) is 0 Å². The van der Waals surface area contributed by atoms with Gasteiger partial charge in [-0.1, -0.05) is 26.0 Å². The van der Waals surface area contributed by atoms with Crippen LogP contribution in [-0.2, 0) is 0 Å². The van der Waals surface area contributed by atoms with E-state index in [1.165, 1.54) is 0 Å². The van der Waals surface area contributed by atoms with Crippen molar-refractivity contribution in [1.29, 1.82) is 0 Å². The van der Waals surface area contributed by atoms with Crippen LogP contribution in [0.1, 0.15) is 48.7 Å². The predicted molar refractivity (Wildman–Crippen MR) is 142 cm³/mol. The van der Waals surface area contributed by atoms with Crippen LogP contribution >= 0.6 is 11.3 Å². The molecule has 0 radical (unpaired) electrons. The number of anilines is 1. The zero-order valence-electron chi connectivity index (χ0n) is 20.3. The van der Waals surface area contributed by atoms with E-state index in [0.29, 0.717) is 0 Å². The van der Waals surface area contributed by atoms with Gasteiger partial charge in [0.05, 0.1) is 22.0 Å². The maximum Gasteiger partial charge on any atom is 0.264 e. The van der Waals surface area contributed by atoms with Crippen LogP contribution in [0.5, 0.6) is 0 Å². The number of nitrogens with zero attached hydrogens (tertiary/aromatic N) is 4. The van der Waals surface area contributed by atoms with E-state index >= 15 is 0 Å². The minimum Gasteiger partial charge on any atom is -0.362 e. The SMILES string of the molecule is CCCN(c1ccc2sc(C(=O)N3CCN(CC)CC3)cc2c1)C(C)c1nc2ccccc2[nH]1. The maximum atomic E-state index is 13.2. The van der Waals surface area contributed by atoms with E-state index in [1.807, 2.05) is 23.1 Å². The topological polar surface area (TPSA) is 55.5 Å². The van der Waals surface area contributed by atoms with Gasteiger partial charge in [-0.15, -0.1) is 11.3 Å². The number of aromatic amines is 1. The monoisotopic (exact) mass is 475 g/mol. The molecule has 2 aromatic heterocycles. The van der Waals surface area contributed by atoms with Crippen molar-refractivity contribution in [3.05, 3.63) is 59.2 Å². The van der Waals surface area contributed by atoms with Gasteiger partial charge in [0.2, 0.25) is 0 Å². The van der Waals surface area contributed by atoms with Crippen molar-refractivity contribution in [2.45, 2.75) is 33.2 Å². The van der Waals surface area contributed by atoms with Crippen LogP contribution < -0.4 is 4.90 Å². The Morgan fingerprint density at radius 1 is 1.12 bits per heavy atom. The number of amides is 1. The lowest BCUT2D eigenvalue weighted by molar-refractivity contribution is 0.0648. The van der Waals surface area contributed by atoms with Gasteiger partial charge in [-0.2, -0.15) is 0 Å². The van der Waals surface area contributed by atoms with E-state index in [1.54, 1.807) is 11.3 Å². The van der Waals surface area contributed by atoms with E-state index in [9.17, 15) is 4.79 Å². The number of hydrogen-bond donors (Lipinski definition) is 1. The van der Waals surface area contributed by atoms with Crippen LogP contribution in [-0.4, -0.2) is 64.9 Å². The lowest BCUT2D eigenvalue weighted by Crippen LogP contribution is -2.48. The van der Waals surface area contributed by atoms with Crippen molar-refractivity contribution in [3.8, 4) is 0 Å². The lowest BCUT2D eigenvalue weighted by atomic mass is 10.1. The average molecular weight is 476 g/mol. The quantitative estimate of drug-likeness (QED) is 0.382. The Morgan fingerprint density at radius 3 is 2.65 bits per heavy atom. The van der Waals surface area contributed by atoms with Crippen LogP contribution in [0, 0.1) is 0 Å². The van der Waals surface area contributed by atoms with Crippen LogP contribution in [0.25, 0.3) is 21.1 Å². The number of hydrogen-bond acceptors (Lipinski definition) is 5. The molecule has 7 heteroatoms. The van der Waals surface area contributed by atoms with Crippen LogP contribution in [0.15, 0.2) is 48.5 Å². The molecule has 1 saturated heterocycles. The number of rotatable bonds is 7. The van der Waals surface area contributed by atoms with E-state index in [-0.39, 0.29) is 11.9 Å². The number of nitrogens with one attached hydrogen (secondary N) is 1. The molecular formula is C27H33N5OS. The molecule has 0 bridgehead atoms. The zero-order chi connectivity index (χ0) is 23.7. The highest BCUT2D eigenvalue weighted by atomic mass is 32.1. The summed E-state index contributed by atoms with van der Waals surface area (Å²) in [7, 11) is 0. The summed E-state index contributed by atoms with van der Waals surface area (Å²) in [5.74, 6) is 1.14. The summed E-state index contributed by atoms with van der Waals surface area (Å²) in [4.78, 5) is 29.1. The van der Waals surface area contributed by atoms with Gasteiger partial charge in [-0.25, -0.2) is 4.98 Å². The van der Waals surface area contributed by atoms with Gasteiger partial charge in [0.1, 0.15) is 5.82 Å². The number of para-hydroxylation sites is 2. The molecule has 6 nitrogen and oxygen atoms in total. The molecule has 1 unspecified atom stereocenters. The predicted octanol–water partition coefficient (Wildman–Crippen LogP) is 5.53. The summed E-state index contributed by atoms with van der Waals surface area (Å²) in [6.07, 6.45) is 1.04. The molecule has 4 aromatic rings. The Balaban J connectivity index is 1.40. The highest BCUT2D eigenvalue weighted by Crippen LogP contribution is 2.33. The second-order valence-electron chi connectivity index (χ2n) is 9.07. The number of benzene rings is 2. The van der Waals surface area contributed by atoms with Crippen LogP contribution in [0.4, 0.5) is 5.69 Å². The molecule has 0 spiro atoms. The maximum absolute atomic E-state index is 13.2. The molecule has 1 fully saturated rings. The zero-order valence-corrected chi connectivity index (χ0v) is 21.1. The summed E-state index contributed by atoms with van der Waals surface area (Å²) in [6, 6.07) is 16.9. The number of piperazine rings is 1. The first-order chi connectivity index (χ1) is 16.6. The first-order valence-corrected chi connectivity index (χ1v) is 13.2. The summed E-state index contributed by atoms with van der Waals surface area (Å²) < 4.78 is 1.16. The van der Waals surface area contributed by atoms with E-state index < -0.39 is 0 Å². The summed E-state index contributed by atoms with van der Waals surface area (Å²) in [5, 5.41) is 1.14. The first kappa shape index (κ1) is 22.9. The third kappa shape index (κ3) is 4.42. The van der Waals surface area contributed by atoms with Gasteiger partial charge >= 0.3 is 0 Å². The van der Waals surface area contributed by atoms with Gasteiger partial charge in [0.15, 0.2) is 0 Å². The van der Waals surface area contributed by atoms with Crippen molar-refractivity contribution in [2.75, 3.05) is 44.2 Å². The molecule has 0 saturated carbocycles. The Hall–Kier alpha value is -2.90. The fraction of sp³-hybridized carbons (Fsp3) is 0.407. The Morgan fingerprint density at radius 2 is 1.91 bits per heavy atom. The van der Waals surface area contributed by atoms with Gasteiger partial charge in [-0.3, -0.25) is 4.79 Å². The molecule has 1 aliphatic rings. The van der Waals surface area contributed by atoms with E-state index in [4.69, 9.17) is 4.98 Å². The van der Waals surface area contributed by atoms with Crippen molar-refractivity contribution in [3.63, 3.8) is 0 Å². The highest BCUT2D eigenvalue weighted by Gasteiger charge is 2.24. The number of carbonyl (C=O) groups excluding carboxylic acids is 1. The molecule has 178 valence electrons. The fourth-order valence-corrected chi connectivity index (χ4v) is 5.85. The summed E-state index contributed by atoms with van der Waals surface area (Å²) in [6.45, 7) is 12.1. The largest absolute Gasteiger partial charge is 0.362 e.